The fraction of sp³-hybridized carbons (Fsp3) is 0.0435. The molecule has 0 bridgehead atoms. The summed E-state index contributed by atoms with van der Waals surface area (Å²) in [7, 11) is 0. The Bertz CT molecular complexity index is 1170. The van der Waals surface area contributed by atoms with Gasteiger partial charge in [0.15, 0.2) is 0 Å². The number of hydrogen-bond acceptors (Lipinski definition) is 4. The van der Waals surface area contributed by atoms with Gasteiger partial charge in [-0.15, -0.1) is 0 Å². The normalized spacial score (nSPS) is 11.0. The average molecular weight is 480 g/mol. The Labute approximate surface area is 187 Å². The number of aryl methyl sites for hydroxylation is 1. The van der Waals surface area contributed by atoms with Gasteiger partial charge in [-0.2, -0.15) is 0 Å². The molecule has 0 aliphatic rings. The van der Waals surface area contributed by atoms with Crippen LogP contribution in [0.2, 0.25) is 0 Å². The summed E-state index contributed by atoms with van der Waals surface area (Å²) in [5.74, 6) is -0.981. The Balaban J connectivity index is 1.92. The summed E-state index contributed by atoms with van der Waals surface area (Å²) in [5, 5.41) is 16.3. The summed E-state index contributed by atoms with van der Waals surface area (Å²) < 4.78 is 0.683. The number of anilines is 1. The summed E-state index contributed by atoms with van der Waals surface area (Å²) in [6.45, 7) is 1.87. The van der Waals surface area contributed by atoms with Gasteiger partial charge in [-0.1, -0.05) is 29.8 Å². The van der Waals surface area contributed by atoms with Crippen molar-refractivity contribution in [1.29, 1.82) is 0 Å². The summed E-state index contributed by atoms with van der Waals surface area (Å²) in [6.07, 6.45) is 1.46. The zero-order valence-corrected chi connectivity index (χ0v) is 18.0. The number of amides is 2. The van der Waals surface area contributed by atoms with Crippen molar-refractivity contribution in [3.8, 4) is 0 Å². The highest BCUT2D eigenvalue weighted by Crippen LogP contribution is 2.22. The lowest BCUT2D eigenvalue weighted by atomic mass is 10.1. The van der Waals surface area contributed by atoms with Crippen LogP contribution < -0.4 is 10.6 Å². The van der Waals surface area contributed by atoms with Crippen LogP contribution in [-0.2, 0) is 4.79 Å². The van der Waals surface area contributed by atoms with E-state index in [2.05, 4.69) is 26.6 Å². The van der Waals surface area contributed by atoms with Crippen LogP contribution in [0.3, 0.4) is 0 Å². The molecule has 0 radical (unpaired) electrons. The minimum absolute atomic E-state index is 0.00360. The van der Waals surface area contributed by atoms with Gasteiger partial charge in [0.05, 0.1) is 10.6 Å². The van der Waals surface area contributed by atoms with Gasteiger partial charge in [-0.05, 0) is 70.9 Å². The third-order valence-corrected chi connectivity index (χ3v) is 5.00. The third-order valence-electron chi connectivity index (χ3n) is 4.31. The summed E-state index contributed by atoms with van der Waals surface area (Å²) in [5.41, 5.74) is 2.30. The minimum Gasteiger partial charge on any atom is -0.320 e. The van der Waals surface area contributed by atoms with Crippen molar-refractivity contribution in [2.24, 2.45) is 0 Å². The maximum atomic E-state index is 13.0. The van der Waals surface area contributed by atoms with Gasteiger partial charge in [0.1, 0.15) is 5.70 Å². The second-order valence-electron chi connectivity index (χ2n) is 6.66. The van der Waals surface area contributed by atoms with Crippen LogP contribution in [0.25, 0.3) is 6.08 Å². The van der Waals surface area contributed by atoms with E-state index >= 15 is 0 Å². The predicted octanol–water partition coefficient (Wildman–Crippen LogP) is 5.08. The molecule has 0 saturated heterocycles. The molecule has 0 aliphatic heterocycles. The van der Waals surface area contributed by atoms with E-state index in [0.717, 1.165) is 5.56 Å². The molecule has 3 aromatic rings. The van der Waals surface area contributed by atoms with E-state index in [-0.39, 0.29) is 11.4 Å². The molecule has 0 aromatic heterocycles. The molecule has 0 heterocycles. The second-order valence-corrected chi connectivity index (χ2v) is 7.52. The van der Waals surface area contributed by atoms with E-state index in [0.29, 0.717) is 21.3 Å². The van der Waals surface area contributed by atoms with Gasteiger partial charge in [0, 0.05) is 22.2 Å². The lowest BCUT2D eigenvalue weighted by molar-refractivity contribution is -0.384. The van der Waals surface area contributed by atoms with Crippen molar-refractivity contribution in [3.63, 3.8) is 0 Å². The molecule has 0 unspecified atom stereocenters. The first-order valence-electron chi connectivity index (χ1n) is 9.23. The van der Waals surface area contributed by atoms with Gasteiger partial charge in [-0.3, -0.25) is 19.7 Å². The SMILES string of the molecule is Cc1cccc(C(=O)NC(=Cc2ccc([N+](=O)[O-])cc2)C(=O)Nc2ccccc2Br)c1. The van der Waals surface area contributed by atoms with E-state index in [4.69, 9.17) is 0 Å². The molecule has 0 aliphatic carbocycles. The van der Waals surface area contributed by atoms with Gasteiger partial charge >= 0.3 is 0 Å². The lowest BCUT2D eigenvalue weighted by Crippen LogP contribution is -2.30. The predicted molar refractivity (Wildman–Crippen MR) is 122 cm³/mol. The molecule has 7 nitrogen and oxygen atoms in total. The molecule has 31 heavy (non-hydrogen) atoms. The van der Waals surface area contributed by atoms with Crippen molar-refractivity contribution >= 4 is 45.2 Å². The highest BCUT2D eigenvalue weighted by Gasteiger charge is 2.16. The Morgan fingerprint density at radius 2 is 1.71 bits per heavy atom. The summed E-state index contributed by atoms with van der Waals surface area (Å²) in [6, 6.07) is 19.7. The van der Waals surface area contributed by atoms with Gasteiger partial charge < -0.3 is 10.6 Å². The number of nitrogens with one attached hydrogen (secondary N) is 2. The molecule has 0 spiro atoms. The molecule has 3 rings (SSSR count). The molecule has 2 N–H and O–H groups in total. The minimum atomic E-state index is -0.536. The topological polar surface area (TPSA) is 101 Å². The number of benzene rings is 3. The highest BCUT2D eigenvalue weighted by atomic mass is 79.9. The van der Waals surface area contributed by atoms with Crippen LogP contribution in [0.5, 0.6) is 0 Å². The summed E-state index contributed by atoms with van der Waals surface area (Å²) in [4.78, 5) is 36.1. The maximum Gasteiger partial charge on any atom is 0.272 e. The molecule has 156 valence electrons. The molecular weight excluding hydrogens is 462 g/mol. The van der Waals surface area contributed by atoms with E-state index in [1.165, 1.54) is 30.3 Å². The number of nitro benzene ring substituents is 1. The number of carbonyl (C=O) groups is 2. The van der Waals surface area contributed by atoms with E-state index in [9.17, 15) is 19.7 Å². The van der Waals surface area contributed by atoms with Crippen molar-refractivity contribution in [1.82, 2.24) is 5.32 Å². The van der Waals surface area contributed by atoms with E-state index in [1.54, 1.807) is 36.4 Å². The number of non-ortho nitro benzene ring substituents is 1. The second kappa shape index (κ2) is 9.82. The van der Waals surface area contributed by atoms with Crippen LogP contribution in [-0.4, -0.2) is 16.7 Å². The molecular formula is C23H18BrN3O4. The number of halogens is 1. The number of nitro groups is 1. The Kier molecular flexibility index (Phi) is 6.94. The zero-order chi connectivity index (χ0) is 22.4. The Hall–Kier alpha value is -3.78. The fourth-order valence-electron chi connectivity index (χ4n) is 2.75. The largest absolute Gasteiger partial charge is 0.320 e. The lowest BCUT2D eigenvalue weighted by Gasteiger charge is -2.12. The van der Waals surface area contributed by atoms with Crippen LogP contribution >= 0.6 is 15.9 Å². The molecule has 2 amide bonds. The Morgan fingerprint density at radius 1 is 1.00 bits per heavy atom. The van der Waals surface area contributed by atoms with E-state index < -0.39 is 16.7 Å². The first kappa shape index (κ1) is 21.9. The average Bonchev–Trinajstić information content (AvgIpc) is 2.75. The van der Waals surface area contributed by atoms with Gasteiger partial charge in [0.2, 0.25) is 0 Å². The molecule has 3 aromatic carbocycles. The number of carbonyl (C=O) groups excluding carboxylic acids is 2. The van der Waals surface area contributed by atoms with E-state index in [1.807, 2.05) is 19.1 Å². The van der Waals surface area contributed by atoms with Crippen LogP contribution in [0.4, 0.5) is 11.4 Å². The molecule has 8 heteroatoms. The Morgan fingerprint density at radius 3 is 2.35 bits per heavy atom. The molecule has 0 fully saturated rings. The summed E-state index contributed by atoms with van der Waals surface area (Å²) >= 11 is 3.37. The number of rotatable bonds is 6. The maximum absolute atomic E-state index is 13.0. The smallest absolute Gasteiger partial charge is 0.272 e. The van der Waals surface area contributed by atoms with Crippen LogP contribution in [0.15, 0.2) is 83.0 Å². The van der Waals surface area contributed by atoms with Gasteiger partial charge in [0.25, 0.3) is 17.5 Å². The first-order chi connectivity index (χ1) is 14.8. The highest BCUT2D eigenvalue weighted by molar-refractivity contribution is 9.10. The number of nitrogens with zero attached hydrogens (tertiary/aromatic N) is 1. The van der Waals surface area contributed by atoms with Crippen LogP contribution in [0, 0.1) is 17.0 Å². The van der Waals surface area contributed by atoms with Crippen molar-refractivity contribution < 1.29 is 14.5 Å². The monoisotopic (exact) mass is 479 g/mol. The standard InChI is InChI=1S/C23H18BrN3O4/c1-15-5-4-6-17(13-15)22(28)26-21(14-16-9-11-18(12-10-16)27(30)31)23(29)25-20-8-3-2-7-19(20)24/h2-14H,1H3,(H,25,29)(H,26,28). The number of hydrogen-bond donors (Lipinski definition) is 2. The van der Waals surface area contributed by atoms with Crippen molar-refractivity contribution in [2.45, 2.75) is 6.92 Å². The third kappa shape index (κ3) is 5.86. The zero-order valence-electron chi connectivity index (χ0n) is 16.5. The first-order valence-corrected chi connectivity index (χ1v) is 10.0. The van der Waals surface area contributed by atoms with Crippen LogP contribution in [0.1, 0.15) is 21.5 Å². The molecule has 0 saturated carbocycles. The van der Waals surface area contributed by atoms with Crippen molar-refractivity contribution in [3.05, 3.63) is 110 Å². The molecule has 0 atom stereocenters. The quantitative estimate of drug-likeness (QED) is 0.292. The number of para-hydroxylation sites is 1. The van der Waals surface area contributed by atoms with Gasteiger partial charge in [-0.25, -0.2) is 0 Å². The fourth-order valence-corrected chi connectivity index (χ4v) is 3.13. The van der Waals surface area contributed by atoms with Crippen molar-refractivity contribution in [2.75, 3.05) is 5.32 Å².